The van der Waals surface area contributed by atoms with E-state index in [0.29, 0.717) is 11.3 Å². The van der Waals surface area contributed by atoms with E-state index in [0.717, 1.165) is 5.76 Å². The Morgan fingerprint density at radius 1 is 1.26 bits per heavy atom. The first-order chi connectivity index (χ1) is 8.99. The van der Waals surface area contributed by atoms with Crippen LogP contribution in [-0.4, -0.2) is 23.0 Å². The normalized spacial score (nSPS) is 14.7. The molecule has 4 nitrogen and oxygen atoms in total. The third-order valence-corrected chi connectivity index (χ3v) is 2.84. The van der Waals surface area contributed by atoms with Crippen molar-refractivity contribution in [3.05, 3.63) is 53.5 Å². The van der Waals surface area contributed by atoms with Crippen molar-refractivity contribution in [2.24, 2.45) is 4.99 Å². The molecule has 2 rings (SSSR count). The number of benzene rings is 1. The molecular weight excluding hydrogens is 242 g/mol. The lowest BCUT2D eigenvalue weighted by molar-refractivity contribution is 0.0431. The average molecular weight is 259 g/mol. The molecule has 100 valence electrons. The van der Waals surface area contributed by atoms with E-state index in [1.54, 1.807) is 43.5 Å². The monoisotopic (exact) mass is 259 g/mol. The molecule has 2 N–H and O–H groups in total. The molecule has 0 amide bonds. The number of phenolic OH excluding ortho intramolecular Hbond substituents is 1. The lowest BCUT2D eigenvalue weighted by atomic mass is 10.0. The fourth-order valence-electron chi connectivity index (χ4n) is 1.72. The third kappa shape index (κ3) is 3.23. The van der Waals surface area contributed by atoms with Crippen molar-refractivity contribution < 1.29 is 14.6 Å². The van der Waals surface area contributed by atoms with Gasteiger partial charge in [0.25, 0.3) is 0 Å². The molecule has 1 unspecified atom stereocenters. The van der Waals surface area contributed by atoms with Crippen LogP contribution in [-0.2, 0) is 5.60 Å². The highest BCUT2D eigenvalue weighted by atomic mass is 16.4. The molecule has 0 aliphatic heterocycles. The summed E-state index contributed by atoms with van der Waals surface area (Å²) in [5.74, 6) is 1.40. The van der Waals surface area contributed by atoms with Gasteiger partial charge < -0.3 is 14.6 Å². The smallest absolute Gasteiger partial charge is 0.139 e. The van der Waals surface area contributed by atoms with Gasteiger partial charge in [-0.15, -0.1) is 0 Å². The second-order valence-electron chi connectivity index (χ2n) is 4.71. The Morgan fingerprint density at radius 3 is 2.63 bits per heavy atom. The van der Waals surface area contributed by atoms with Crippen LogP contribution in [0.25, 0.3) is 0 Å². The predicted molar refractivity (Wildman–Crippen MR) is 73.6 cm³/mol. The van der Waals surface area contributed by atoms with Crippen molar-refractivity contribution in [2.45, 2.75) is 19.4 Å². The van der Waals surface area contributed by atoms with Crippen molar-refractivity contribution in [3.63, 3.8) is 0 Å². The highest BCUT2D eigenvalue weighted by Crippen LogP contribution is 2.23. The average Bonchev–Trinajstić information content (AvgIpc) is 2.79. The molecule has 0 aliphatic rings. The molecule has 19 heavy (non-hydrogen) atoms. The Morgan fingerprint density at radius 2 is 2.00 bits per heavy atom. The fourth-order valence-corrected chi connectivity index (χ4v) is 1.72. The molecule has 0 aliphatic carbocycles. The summed E-state index contributed by atoms with van der Waals surface area (Å²) in [5.41, 5.74) is -0.538. The molecular formula is C15H17NO3. The minimum Gasteiger partial charge on any atom is -0.507 e. The molecule has 0 spiro atoms. The molecule has 0 fully saturated rings. The standard InChI is InChI=1S/C15H17NO3/c1-11-7-8-14(19-11)15(2,18)10-16-9-12-5-3-4-6-13(12)17/h3-9,17-18H,10H2,1-2H3. The summed E-state index contributed by atoms with van der Waals surface area (Å²) >= 11 is 0. The molecule has 2 aromatic rings. The van der Waals surface area contributed by atoms with Gasteiger partial charge in [-0.3, -0.25) is 4.99 Å². The van der Waals surface area contributed by atoms with Crippen LogP contribution in [0.1, 0.15) is 24.0 Å². The number of nitrogens with zero attached hydrogens (tertiary/aromatic N) is 1. The minimum atomic E-state index is -1.16. The van der Waals surface area contributed by atoms with E-state index in [9.17, 15) is 10.2 Å². The van der Waals surface area contributed by atoms with Gasteiger partial charge in [0.05, 0.1) is 6.54 Å². The molecule has 1 heterocycles. The van der Waals surface area contributed by atoms with Crippen molar-refractivity contribution in [1.29, 1.82) is 0 Å². The van der Waals surface area contributed by atoms with E-state index in [1.165, 1.54) is 0 Å². The number of furan rings is 1. The molecule has 0 saturated heterocycles. The molecule has 4 heteroatoms. The topological polar surface area (TPSA) is 66.0 Å². The van der Waals surface area contributed by atoms with Crippen LogP contribution < -0.4 is 0 Å². The largest absolute Gasteiger partial charge is 0.507 e. The van der Waals surface area contributed by atoms with Crippen LogP contribution in [0, 0.1) is 6.92 Å². The van der Waals surface area contributed by atoms with Gasteiger partial charge in [0.1, 0.15) is 22.9 Å². The van der Waals surface area contributed by atoms with Gasteiger partial charge in [0, 0.05) is 11.8 Å². The predicted octanol–water partition coefficient (Wildman–Crippen LogP) is 2.62. The Kier molecular flexibility index (Phi) is 3.71. The molecule has 0 radical (unpaired) electrons. The van der Waals surface area contributed by atoms with Crippen molar-refractivity contribution in [3.8, 4) is 5.75 Å². The van der Waals surface area contributed by atoms with Gasteiger partial charge in [-0.25, -0.2) is 0 Å². The quantitative estimate of drug-likeness (QED) is 0.829. The van der Waals surface area contributed by atoms with Gasteiger partial charge in [0.15, 0.2) is 0 Å². The van der Waals surface area contributed by atoms with Gasteiger partial charge >= 0.3 is 0 Å². The van der Waals surface area contributed by atoms with Crippen LogP contribution >= 0.6 is 0 Å². The SMILES string of the molecule is Cc1ccc(C(C)(O)CN=Cc2ccccc2O)o1. The summed E-state index contributed by atoms with van der Waals surface area (Å²) in [6, 6.07) is 10.4. The number of aliphatic imine (C=N–C) groups is 1. The van der Waals surface area contributed by atoms with E-state index in [2.05, 4.69) is 4.99 Å². The van der Waals surface area contributed by atoms with Crippen LogP contribution in [0.15, 0.2) is 45.8 Å². The zero-order valence-electron chi connectivity index (χ0n) is 11.0. The summed E-state index contributed by atoms with van der Waals surface area (Å²) in [4.78, 5) is 4.16. The van der Waals surface area contributed by atoms with Crippen LogP contribution in [0.3, 0.4) is 0 Å². The van der Waals surface area contributed by atoms with Crippen LogP contribution in [0.4, 0.5) is 0 Å². The maximum absolute atomic E-state index is 10.3. The second-order valence-corrected chi connectivity index (χ2v) is 4.71. The summed E-state index contributed by atoms with van der Waals surface area (Å²) in [5, 5.41) is 19.9. The van der Waals surface area contributed by atoms with E-state index in [-0.39, 0.29) is 12.3 Å². The first kappa shape index (κ1) is 13.4. The third-order valence-electron chi connectivity index (χ3n) is 2.84. The number of aromatic hydroxyl groups is 1. The maximum atomic E-state index is 10.3. The zero-order valence-corrected chi connectivity index (χ0v) is 11.0. The summed E-state index contributed by atoms with van der Waals surface area (Å²) in [6.45, 7) is 3.63. The summed E-state index contributed by atoms with van der Waals surface area (Å²) < 4.78 is 5.40. The number of hydrogen-bond acceptors (Lipinski definition) is 4. The summed E-state index contributed by atoms with van der Waals surface area (Å²) in [7, 11) is 0. The van der Waals surface area contributed by atoms with Gasteiger partial charge in [-0.2, -0.15) is 0 Å². The molecule has 1 atom stereocenters. The second kappa shape index (κ2) is 5.28. The number of rotatable bonds is 4. The van der Waals surface area contributed by atoms with Gasteiger partial charge in [0.2, 0.25) is 0 Å². The van der Waals surface area contributed by atoms with E-state index < -0.39 is 5.60 Å². The van der Waals surface area contributed by atoms with Crippen molar-refractivity contribution in [2.75, 3.05) is 6.54 Å². The van der Waals surface area contributed by atoms with Gasteiger partial charge in [-0.05, 0) is 38.1 Å². The molecule has 0 saturated carbocycles. The first-order valence-electron chi connectivity index (χ1n) is 6.06. The number of phenols is 1. The Bertz CT molecular complexity index is 585. The Hall–Kier alpha value is -2.07. The first-order valence-corrected chi connectivity index (χ1v) is 6.06. The van der Waals surface area contributed by atoms with E-state index in [1.807, 2.05) is 13.0 Å². The lowest BCUT2D eigenvalue weighted by Gasteiger charge is -2.17. The lowest BCUT2D eigenvalue weighted by Crippen LogP contribution is -2.24. The molecule has 1 aromatic carbocycles. The van der Waals surface area contributed by atoms with Crippen LogP contribution in [0.5, 0.6) is 5.75 Å². The van der Waals surface area contributed by atoms with Crippen molar-refractivity contribution in [1.82, 2.24) is 0 Å². The maximum Gasteiger partial charge on any atom is 0.139 e. The van der Waals surface area contributed by atoms with Crippen LogP contribution in [0.2, 0.25) is 0 Å². The number of aryl methyl sites for hydroxylation is 1. The molecule has 1 aromatic heterocycles. The Balaban J connectivity index is 2.08. The number of para-hydroxylation sites is 1. The Labute approximate surface area is 112 Å². The van der Waals surface area contributed by atoms with Crippen molar-refractivity contribution >= 4 is 6.21 Å². The van der Waals surface area contributed by atoms with Gasteiger partial charge in [-0.1, -0.05) is 12.1 Å². The highest BCUT2D eigenvalue weighted by Gasteiger charge is 2.26. The number of hydrogen-bond donors (Lipinski definition) is 2. The summed E-state index contributed by atoms with van der Waals surface area (Å²) in [6.07, 6.45) is 1.54. The zero-order chi connectivity index (χ0) is 13.9. The van der Waals surface area contributed by atoms with E-state index >= 15 is 0 Å². The number of aliphatic hydroxyl groups is 1. The molecule has 0 bridgehead atoms. The fraction of sp³-hybridized carbons (Fsp3) is 0.267. The highest BCUT2D eigenvalue weighted by molar-refractivity contribution is 5.83. The minimum absolute atomic E-state index is 0.161. The van der Waals surface area contributed by atoms with E-state index in [4.69, 9.17) is 4.42 Å².